The molecular formula is C16H19F2N3O2Si. The van der Waals surface area contributed by atoms with Crippen LogP contribution in [-0.4, -0.2) is 24.1 Å². The summed E-state index contributed by atoms with van der Waals surface area (Å²) in [5.74, 6) is -2.85. The maximum Gasteiger partial charge on any atom is 0.339 e. The van der Waals surface area contributed by atoms with Crippen molar-refractivity contribution in [2.24, 2.45) is 5.73 Å². The molecule has 1 aromatic carbocycles. The molecule has 5 nitrogen and oxygen atoms in total. The lowest BCUT2D eigenvalue weighted by molar-refractivity contribution is 0.0697. The Bertz CT molecular complexity index is 792. The highest BCUT2D eigenvalue weighted by atomic mass is 28.3. The highest BCUT2D eigenvalue weighted by Crippen LogP contribution is 2.23. The van der Waals surface area contributed by atoms with Gasteiger partial charge in [-0.25, -0.2) is 18.6 Å². The molecule has 2 rings (SSSR count). The molecule has 0 saturated carbocycles. The molecule has 0 aliphatic heterocycles. The third-order valence-corrected chi connectivity index (χ3v) is 5.60. The topological polar surface area (TPSA) is 88.2 Å². The van der Waals surface area contributed by atoms with Crippen LogP contribution in [0.25, 0.3) is 0 Å². The van der Waals surface area contributed by atoms with Crippen molar-refractivity contribution in [3.63, 3.8) is 0 Å². The lowest BCUT2D eigenvalue weighted by Gasteiger charge is -2.18. The maximum absolute atomic E-state index is 14.3. The largest absolute Gasteiger partial charge is 0.478 e. The second kappa shape index (κ2) is 6.66. The number of rotatable bonds is 5. The molecule has 4 N–H and O–H groups in total. The summed E-state index contributed by atoms with van der Waals surface area (Å²) in [7, 11) is -1.67. The Labute approximate surface area is 139 Å². The number of nitrogens with zero attached hydrogens (tertiary/aromatic N) is 1. The summed E-state index contributed by atoms with van der Waals surface area (Å²) in [6.07, 6.45) is 0. The number of benzene rings is 1. The number of halogens is 2. The number of nitrogens with one attached hydrogen (secondary N) is 1. The summed E-state index contributed by atoms with van der Waals surface area (Å²) in [6.45, 7) is 6.07. The van der Waals surface area contributed by atoms with Gasteiger partial charge in [-0.15, -0.1) is 0 Å². The van der Waals surface area contributed by atoms with Crippen molar-refractivity contribution < 1.29 is 18.7 Å². The van der Waals surface area contributed by atoms with Gasteiger partial charge in [-0.2, -0.15) is 0 Å². The standard InChI is InChI=1S/C16H19F2N3O2Si/c1-24(2,3)9-4-5-13(11(17)6-9)20-15-10(16(22)23)7-12(18)14(8-19)21-15/h4-7H,8,19H2,1-3H3,(H,20,21)(H,22,23). The first-order valence-corrected chi connectivity index (χ1v) is 10.8. The molecule has 0 aliphatic rings. The van der Waals surface area contributed by atoms with Gasteiger partial charge in [0.1, 0.15) is 23.0 Å². The van der Waals surface area contributed by atoms with Gasteiger partial charge in [0.15, 0.2) is 0 Å². The molecule has 128 valence electrons. The van der Waals surface area contributed by atoms with Crippen molar-refractivity contribution in [1.29, 1.82) is 0 Å². The van der Waals surface area contributed by atoms with E-state index in [2.05, 4.69) is 29.9 Å². The number of carboxylic acids is 1. The average molecular weight is 351 g/mol. The van der Waals surface area contributed by atoms with E-state index in [1.165, 1.54) is 12.1 Å². The number of hydrogen-bond acceptors (Lipinski definition) is 4. The fourth-order valence-corrected chi connectivity index (χ4v) is 3.28. The molecule has 0 saturated heterocycles. The van der Waals surface area contributed by atoms with Gasteiger partial charge in [0.2, 0.25) is 0 Å². The van der Waals surface area contributed by atoms with Crippen LogP contribution in [0.3, 0.4) is 0 Å². The molecule has 8 heteroatoms. The van der Waals surface area contributed by atoms with Crippen molar-refractivity contribution in [3.05, 3.63) is 47.2 Å². The Morgan fingerprint density at radius 1 is 1.25 bits per heavy atom. The van der Waals surface area contributed by atoms with Crippen LogP contribution in [0.2, 0.25) is 19.6 Å². The fourth-order valence-electron chi connectivity index (χ4n) is 2.14. The molecule has 2 aromatic rings. The predicted octanol–water partition coefficient (Wildman–Crippen LogP) is 2.81. The Balaban J connectivity index is 2.46. The third-order valence-electron chi connectivity index (χ3n) is 3.56. The number of pyridine rings is 1. The first-order chi connectivity index (χ1) is 11.1. The Hall–Kier alpha value is -2.32. The second-order valence-electron chi connectivity index (χ2n) is 6.39. The van der Waals surface area contributed by atoms with Crippen LogP contribution < -0.4 is 16.2 Å². The molecule has 24 heavy (non-hydrogen) atoms. The van der Waals surface area contributed by atoms with E-state index in [9.17, 15) is 18.7 Å². The van der Waals surface area contributed by atoms with Gasteiger partial charge >= 0.3 is 5.97 Å². The third kappa shape index (κ3) is 3.77. The molecule has 0 fully saturated rings. The summed E-state index contributed by atoms with van der Waals surface area (Å²) < 4.78 is 28.0. The van der Waals surface area contributed by atoms with Crippen LogP contribution in [0.1, 0.15) is 16.1 Å². The molecule has 0 radical (unpaired) electrons. The number of aromatic nitrogens is 1. The normalized spacial score (nSPS) is 11.4. The minimum Gasteiger partial charge on any atom is -0.478 e. The number of hydrogen-bond donors (Lipinski definition) is 3. The molecular weight excluding hydrogens is 332 g/mol. The van der Waals surface area contributed by atoms with Gasteiger partial charge in [0, 0.05) is 6.54 Å². The van der Waals surface area contributed by atoms with Gasteiger partial charge in [-0.1, -0.05) is 30.9 Å². The number of aromatic carboxylic acids is 1. The zero-order valence-electron chi connectivity index (χ0n) is 13.7. The number of anilines is 2. The lowest BCUT2D eigenvalue weighted by atomic mass is 10.2. The molecule has 0 spiro atoms. The average Bonchev–Trinajstić information content (AvgIpc) is 2.49. The summed E-state index contributed by atoms with van der Waals surface area (Å²) in [5.41, 5.74) is 4.97. The number of nitrogens with two attached hydrogens (primary N) is 1. The molecule has 1 aromatic heterocycles. The van der Waals surface area contributed by atoms with Crippen molar-refractivity contribution in [3.8, 4) is 0 Å². The van der Waals surface area contributed by atoms with Gasteiger partial charge < -0.3 is 16.2 Å². The van der Waals surface area contributed by atoms with Crippen molar-refractivity contribution >= 4 is 30.7 Å². The smallest absolute Gasteiger partial charge is 0.339 e. The molecule has 0 unspecified atom stereocenters. The minimum absolute atomic E-state index is 0.0709. The highest BCUT2D eigenvalue weighted by Gasteiger charge is 2.20. The van der Waals surface area contributed by atoms with E-state index in [0.29, 0.717) is 0 Å². The van der Waals surface area contributed by atoms with Crippen molar-refractivity contribution in [2.45, 2.75) is 26.2 Å². The zero-order valence-corrected chi connectivity index (χ0v) is 14.7. The molecule has 0 aliphatic carbocycles. The van der Waals surface area contributed by atoms with E-state index >= 15 is 0 Å². The molecule has 1 heterocycles. The van der Waals surface area contributed by atoms with Crippen LogP contribution in [-0.2, 0) is 6.54 Å². The maximum atomic E-state index is 14.3. The van der Waals surface area contributed by atoms with E-state index in [1.807, 2.05) is 0 Å². The summed E-state index contributed by atoms with van der Waals surface area (Å²) in [6, 6.07) is 5.59. The molecule has 0 bridgehead atoms. The quantitative estimate of drug-likeness (QED) is 0.721. The first kappa shape index (κ1) is 18.0. The van der Waals surface area contributed by atoms with E-state index in [1.54, 1.807) is 6.07 Å². The molecule has 0 amide bonds. The predicted molar refractivity (Wildman–Crippen MR) is 91.7 cm³/mol. The summed E-state index contributed by atoms with van der Waals surface area (Å²) >= 11 is 0. The van der Waals surface area contributed by atoms with Crippen LogP contribution in [0.4, 0.5) is 20.3 Å². The summed E-state index contributed by atoms with van der Waals surface area (Å²) in [4.78, 5) is 15.1. The monoisotopic (exact) mass is 351 g/mol. The van der Waals surface area contributed by atoms with Crippen LogP contribution in [0.5, 0.6) is 0 Å². The minimum atomic E-state index is -1.67. The Kier molecular flexibility index (Phi) is 5.00. The first-order valence-electron chi connectivity index (χ1n) is 7.33. The van der Waals surface area contributed by atoms with Gasteiger partial charge in [-0.3, -0.25) is 0 Å². The highest BCUT2D eigenvalue weighted by molar-refractivity contribution is 6.88. The van der Waals surface area contributed by atoms with E-state index < -0.39 is 31.2 Å². The number of carboxylic acid groups (broad SMARTS) is 1. The van der Waals surface area contributed by atoms with Gasteiger partial charge in [0.25, 0.3) is 0 Å². The van der Waals surface area contributed by atoms with Crippen LogP contribution in [0.15, 0.2) is 24.3 Å². The Morgan fingerprint density at radius 2 is 1.92 bits per heavy atom. The van der Waals surface area contributed by atoms with Crippen molar-refractivity contribution in [2.75, 3.05) is 5.32 Å². The van der Waals surface area contributed by atoms with Crippen LogP contribution >= 0.6 is 0 Å². The second-order valence-corrected chi connectivity index (χ2v) is 11.5. The van der Waals surface area contributed by atoms with E-state index in [-0.39, 0.29) is 23.7 Å². The van der Waals surface area contributed by atoms with Gasteiger partial charge in [-0.05, 0) is 18.2 Å². The van der Waals surface area contributed by atoms with Crippen molar-refractivity contribution in [1.82, 2.24) is 4.98 Å². The Morgan fingerprint density at radius 3 is 2.42 bits per heavy atom. The fraction of sp³-hybridized carbons (Fsp3) is 0.250. The molecule has 0 atom stereocenters. The lowest BCUT2D eigenvalue weighted by Crippen LogP contribution is -2.37. The van der Waals surface area contributed by atoms with E-state index in [4.69, 9.17) is 5.73 Å². The number of carbonyl (C=O) groups is 1. The van der Waals surface area contributed by atoms with Crippen LogP contribution in [0, 0.1) is 11.6 Å². The SMILES string of the molecule is C[Si](C)(C)c1ccc(Nc2nc(CN)c(F)cc2C(=O)O)c(F)c1. The zero-order chi connectivity index (χ0) is 18.1. The summed E-state index contributed by atoms with van der Waals surface area (Å²) in [5, 5.41) is 12.7. The van der Waals surface area contributed by atoms with Gasteiger partial charge in [0.05, 0.1) is 19.5 Å². The van der Waals surface area contributed by atoms with E-state index in [0.717, 1.165) is 11.3 Å².